The van der Waals surface area contributed by atoms with Gasteiger partial charge >= 0.3 is 5.97 Å². The predicted molar refractivity (Wildman–Crippen MR) is 83.4 cm³/mol. The molecule has 0 aliphatic heterocycles. The number of hydrogen-bond acceptors (Lipinski definition) is 5. The van der Waals surface area contributed by atoms with Gasteiger partial charge in [0.05, 0.1) is 11.5 Å². The minimum absolute atomic E-state index is 0.132. The minimum atomic E-state index is -0.864. The summed E-state index contributed by atoms with van der Waals surface area (Å²) in [5.74, 6) is -1.67. The van der Waals surface area contributed by atoms with Crippen molar-refractivity contribution in [2.75, 3.05) is 12.9 Å². The normalized spacial score (nSPS) is 11.1. The molecular weight excluding hydrogens is 288 g/mol. The fourth-order valence-electron chi connectivity index (χ4n) is 1.60. The Balaban J connectivity index is 2.79. The molecule has 0 N–H and O–H groups in total. The van der Waals surface area contributed by atoms with E-state index in [1.807, 2.05) is 19.1 Å². The first-order valence-corrected chi connectivity index (χ1v) is 7.77. The summed E-state index contributed by atoms with van der Waals surface area (Å²) in [6, 6.07) is 7.20. The molecule has 0 aliphatic rings. The number of ether oxygens (including phenoxy) is 1. The highest BCUT2D eigenvalue weighted by Crippen LogP contribution is 2.19. The van der Waals surface area contributed by atoms with E-state index in [-0.39, 0.29) is 18.8 Å². The lowest BCUT2D eigenvalue weighted by atomic mass is 10.1. The highest BCUT2D eigenvalue weighted by atomic mass is 32.2. The number of allylic oxidation sites excluding steroid dienone is 2. The lowest BCUT2D eigenvalue weighted by Crippen LogP contribution is -2.16. The van der Waals surface area contributed by atoms with Gasteiger partial charge in [0.25, 0.3) is 0 Å². The number of thioether (sulfide) groups is 1. The van der Waals surface area contributed by atoms with Crippen LogP contribution in [0.5, 0.6) is 0 Å². The van der Waals surface area contributed by atoms with E-state index in [9.17, 15) is 14.4 Å². The Morgan fingerprint density at radius 3 is 2.33 bits per heavy atom. The van der Waals surface area contributed by atoms with E-state index in [4.69, 9.17) is 0 Å². The fourth-order valence-corrected chi connectivity index (χ4v) is 2.15. The van der Waals surface area contributed by atoms with Crippen molar-refractivity contribution >= 4 is 29.3 Å². The number of carbonyl (C=O) groups excluding carboxylic acids is 3. The van der Waals surface area contributed by atoms with Crippen LogP contribution in [0, 0.1) is 6.92 Å². The molecule has 0 aromatic heterocycles. The van der Waals surface area contributed by atoms with Crippen LogP contribution >= 0.6 is 11.8 Å². The van der Waals surface area contributed by atoms with Crippen LogP contribution in [0.15, 0.2) is 35.2 Å². The molecule has 0 fully saturated rings. The van der Waals surface area contributed by atoms with Crippen LogP contribution in [-0.4, -0.2) is 30.4 Å². The maximum atomic E-state index is 12.3. The number of esters is 1. The molecule has 0 atom stereocenters. The van der Waals surface area contributed by atoms with Crippen LogP contribution in [0.4, 0.5) is 0 Å². The molecule has 4 nitrogen and oxygen atoms in total. The molecular formula is C16H18O4S. The van der Waals surface area contributed by atoms with Crippen LogP contribution in [0.3, 0.4) is 0 Å². The maximum Gasteiger partial charge on any atom is 0.374 e. The summed E-state index contributed by atoms with van der Waals surface area (Å²) >= 11 is 1.25. The zero-order valence-corrected chi connectivity index (χ0v) is 13.2. The van der Waals surface area contributed by atoms with Gasteiger partial charge in [-0.3, -0.25) is 9.59 Å². The lowest BCUT2D eigenvalue weighted by Gasteiger charge is -2.04. The second kappa shape index (κ2) is 8.42. The Morgan fingerprint density at radius 1 is 1.19 bits per heavy atom. The van der Waals surface area contributed by atoms with Crippen LogP contribution < -0.4 is 0 Å². The Morgan fingerprint density at radius 2 is 1.81 bits per heavy atom. The molecule has 0 spiro atoms. The van der Waals surface area contributed by atoms with E-state index in [0.717, 1.165) is 5.56 Å². The molecule has 21 heavy (non-hydrogen) atoms. The minimum Gasteiger partial charge on any atom is -0.460 e. The number of hydrogen-bond donors (Lipinski definition) is 0. The summed E-state index contributed by atoms with van der Waals surface area (Å²) in [5, 5.41) is 0. The number of aryl methyl sites for hydroxylation is 1. The van der Waals surface area contributed by atoms with Crippen LogP contribution in [0.2, 0.25) is 0 Å². The molecule has 0 saturated carbocycles. The van der Waals surface area contributed by atoms with E-state index in [1.165, 1.54) is 17.8 Å². The van der Waals surface area contributed by atoms with Crippen molar-refractivity contribution in [1.29, 1.82) is 0 Å². The molecule has 0 bridgehead atoms. The monoisotopic (exact) mass is 306 g/mol. The molecule has 1 rings (SSSR count). The van der Waals surface area contributed by atoms with Gasteiger partial charge in [0.2, 0.25) is 5.78 Å². The van der Waals surface area contributed by atoms with E-state index in [1.54, 1.807) is 25.3 Å². The van der Waals surface area contributed by atoms with Gasteiger partial charge in [-0.15, -0.1) is 11.8 Å². The fraction of sp³-hybridized carbons (Fsp3) is 0.312. The van der Waals surface area contributed by atoms with Gasteiger partial charge in [-0.05, 0) is 20.1 Å². The van der Waals surface area contributed by atoms with Crippen LogP contribution in [0.1, 0.15) is 29.3 Å². The van der Waals surface area contributed by atoms with Crippen molar-refractivity contribution in [3.05, 3.63) is 46.4 Å². The first-order valence-electron chi connectivity index (χ1n) is 6.55. The molecule has 0 aliphatic carbocycles. The third-order valence-electron chi connectivity index (χ3n) is 2.73. The quantitative estimate of drug-likeness (QED) is 0.335. The smallest absolute Gasteiger partial charge is 0.374 e. The first-order chi connectivity index (χ1) is 9.99. The maximum absolute atomic E-state index is 12.3. The highest BCUT2D eigenvalue weighted by Gasteiger charge is 2.16. The van der Waals surface area contributed by atoms with Gasteiger partial charge in [-0.1, -0.05) is 35.9 Å². The Kier molecular flexibility index (Phi) is 6.88. The molecule has 0 saturated heterocycles. The van der Waals surface area contributed by atoms with Gasteiger partial charge in [0, 0.05) is 12.0 Å². The van der Waals surface area contributed by atoms with Crippen molar-refractivity contribution in [2.24, 2.45) is 0 Å². The van der Waals surface area contributed by atoms with Crippen molar-refractivity contribution in [1.82, 2.24) is 0 Å². The summed E-state index contributed by atoms with van der Waals surface area (Å²) in [6.45, 7) is 3.73. The highest BCUT2D eigenvalue weighted by molar-refractivity contribution is 8.03. The van der Waals surface area contributed by atoms with Gasteiger partial charge < -0.3 is 4.74 Å². The average molecular weight is 306 g/mol. The SMILES string of the molecule is CCOC(=O)C(=O)CC=C(SC)C(=O)c1ccc(C)cc1. The molecule has 1 aromatic rings. The summed E-state index contributed by atoms with van der Waals surface area (Å²) in [5.41, 5.74) is 1.63. The third-order valence-corrected chi connectivity index (χ3v) is 3.53. The zero-order valence-electron chi connectivity index (χ0n) is 12.3. The standard InChI is InChI=1S/C16H18O4S/c1-4-20-16(19)13(17)9-10-14(21-3)15(18)12-7-5-11(2)6-8-12/h5-8,10H,4,9H2,1-3H3. The summed E-state index contributed by atoms with van der Waals surface area (Å²) < 4.78 is 4.62. The molecule has 0 heterocycles. The van der Waals surface area contributed by atoms with E-state index < -0.39 is 11.8 Å². The summed E-state index contributed by atoms with van der Waals surface area (Å²) in [7, 11) is 0. The third kappa shape index (κ3) is 5.19. The summed E-state index contributed by atoms with van der Waals surface area (Å²) in [4.78, 5) is 35.5. The Bertz CT molecular complexity index is 558. The molecule has 0 amide bonds. The number of ketones is 2. The Hall–Kier alpha value is -1.88. The lowest BCUT2D eigenvalue weighted by molar-refractivity contribution is -0.153. The molecule has 0 unspecified atom stereocenters. The van der Waals surface area contributed by atoms with Crippen LogP contribution in [0.25, 0.3) is 0 Å². The van der Waals surface area contributed by atoms with E-state index in [2.05, 4.69) is 4.74 Å². The number of rotatable bonds is 7. The Labute approximate surface area is 128 Å². The first kappa shape index (κ1) is 17.2. The van der Waals surface area contributed by atoms with Crippen molar-refractivity contribution in [2.45, 2.75) is 20.3 Å². The number of Topliss-reactive ketones (excluding diaryl/α,β-unsaturated/α-hetero) is 2. The topological polar surface area (TPSA) is 60.4 Å². The van der Waals surface area contributed by atoms with Gasteiger partial charge in [-0.2, -0.15) is 0 Å². The van der Waals surface area contributed by atoms with Crippen LogP contribution in [-0.2, 0) is 14.3 Å². The molecule has 112 valence electrons. The average Bonchev–Trinajstić information content (AvgIpc) is 2.48. The predicted octanol–water partition coefficient (Wildman–Crippen LogP) is 2.95. The largest absolute Gasteiger partial charge is 0.460 e. The molecule has 1 aromatic carbocycles. The molecule has 0 radical (unpaired) electrons. The summed E-state index contributed by atoms with van der Waals surface area (Å²) in [6.07, 6.45) is 3.10. The van der Waals surface area contributed by atoms with Crippen molar-refractivity contribution in [3.63, 3.8) is 0 Å². The van der Waals surface area contributed by atoms with E-state index >= 15 is 0 Å². The van der Waals surface area contributed by atoms with Crippen molar-refractivity contribution in [3.8, 4) is 0 Å². The van der Waals surface area contributed by atoms with Crippen molar-refractivity contribution < 1.29 is 19.1 Å². The second-order valence-corrected chi connectivity index (χ2v) is 5.16. The number of carbonyl (C=O) groups is 3. The second-order valence-electron chi connectivity index (χ2n) is 4.32. The zero-order chi connectivity index (χ0) is 15.8. The molecule has 5 heteroatoms. The van der Waals surface area contributed by atoms with E-state index in [0.29, 0.717) is 10.5 Å². The van der Waals surface area contributed by atoms with Gasteiger partial charge in [0.15, 0.2) is 5.78 Å². The van der Waals surface area contributed by atoms with Gasteiger partial charge in [0.1, 0.15) is 0 Å². The number of benzene rings is 1. The van der Waals surface area contributed by atoms with Gasteiger partial charge in [-0.25, -0.2) is 4.79 Å².